The number of pyridine rings is 1. The van der Waals surface area contributed by atoms with E-state index in [0.717, 1.165) is 30.0 Å². The number of nitrogens with zero attached hydrogens (tertiary/aromatic N) is 4. The molecule has 1 aliphatic heterocycles. The van der Waals surface area contributed by atoms with E-state index >= 15 is 0 Å². The van der Waals surface area contributed by atoms with Crippen LogP contribution in [0.5, 0.6) is 0 Å². The van der Waals surface area contributed by atoms with Crippen molar-refractivity contribution in [3.63, 3.8) is 0 Å². The first kappa shape index (κ1) is 25.7. The van der Waals surface area contributed by atoms with Gasteiger partial charge in [0.15, 0.2) is 0 Å². The lowest BCUT2D eigenvalue weighted by molar-refractivity contribution is 0.0989. The Morgan fingerprint density at radius 1 is 1.06 bits per heavy atom. The fourth-order valence-electron chi connectivity index (χ4n) is 5.22. The Morgan fingerprint density at radius 2 is 1.78 bits per heavy atom. The number of anilines is 2. The Bertz CT molecular complexity index is 1070. The topological polar surface area (TPSA) is 77.0 Å². The number of carbonyl (C=O) groups is 2. The van der Waals surface area contributed by atoms with Gasteiger partial charge in [0.2, 0.25) is 0 Å². The van der Waals surface area contributed by atoms with E-state index in [0.29, 0.717) is 24.6 Å². The maximum absolute atomic E-state index is 13.6. The van der Waals surface area contributed by atoms with Gasteiger partial charge in [-0.05, 0) is 68.9 Å². The van der Waals surface area contributed by atoms with Crippen LogP contribution < -0.4 is 9.80 Å². The molecule has 2 amide bonds. The Morgan fingerprint density at radius 3 is 2.39 bits per heavy atom. The molecule has 7 heteroatoms. The minimum Gasteiger partial charge on any atom is -0.465 e. The molecule has 1 saturated carbocycles. The lowest BCUT2D eigenvalue weighted by atomic mass is 9.84. The zero-order chi connectivity index (χ0) is 25.7. The van der Waals surface area contributed by atoms with E-state index in [2.05, 4.69) is 28.1 Å². The second kappa shape index (κ2) is 11.6. The Balaban J connectivity index is 1.49. The third-order valence-electron chi connectivity index (χ3n) is 7.54. The number of amides is 2. The number of aromatic nitrogens is 1. The summed E-state index contributed by atoms with van der Waals surface area (Å²) in [4.78, 5) is 34.7. The third kappa shape index (κ3) is 6.07. The standard InChI is InChI=1S/C29H38N4O3/c1-21(2)15-18-33(28(34)24-11-9-23(10-12-24)22-7-5-4-6-8-22)25-13-14-27(30-19-25)32-17-16-26(20-32)31(3)29(35)36/h9-15,19,22,26H,4-8,16-18,20H2,1-3H3,(H,35,36). The first-order chi connectivity index (χ1) is 17.3. The average Bonchev–Trinajstić information content (AvgIpc) is 3.39. The molecule has 1 aliphatic carbocycles. The van der Waals surface area contributed by atoms with Crippen LogP contribution >= 0.6 is 0 Å². The Kier molecular flexibility index (Phi) is 8.28. The largest absolute Gasteiger partial charge is 0.465 e. The summed E-state index contributed by atoms with van der Waals surface area (Å²) in [6.07, 6.45) is 10.0. The molecule has 36 heavy (non-hydrogen) atoms. The minimum atomic E-state index is -0.912. The summed E-state index contributed by atoms with van der Waals surface area (Å²) >= 11 is 0. The second-order valence-electron chi connectivity index (χ2n) is 10.3. The molecule has 1 aromatic carbocycles. The number of hydrogen-bond donors (Lipinski definition) is 1. The van der Waals surface area contributed by atoms with Gasteiger partial charge >= 0.3 is 6.09 Å². The van der Waals surface area contributed by atoms with Crippen LogP contribution in [0, 0.1) is 0 Å². The van der Waals surface area contributed by atoms with Crippen LogP contribution in [0.1, 0.15) is 74.2 Å². The summed E-state index contributed by atoms with van der Waals surface area (Å²) in [5.41, 5.74) is 3.91. The number of rotatable bonds is 7. The van der Waals surface area contributed by atoms with Crippen molar-refractivity contribution in [3.05, 3.63) is 65.4 Å². The molecule has 1 atom stereocenters. The summed E-state index contributed by atoms with van der Waals surface area (Å²) < 4.78 is 0. The van der Waals surface area contributed by atoms with E-state index in [-0.39, 0.29) is 11.9 Å². The summed E-state index contributed by atoms with van der Waals surface area (Å²) in [6.45, 7) is 5.90. The highest BCUT2D eigenvalue weighted by molar-refractivity contribution is 6.06. The maximum atomic E-state index is 13.6. The number of benzene rings is 1. The van der Waals surface area contributed by atoms with Crippen molar-refractivity contribution in [2.75, 3.05) is 36.5 Å². The van der Waals surface area contributed by atoms with Gasteiger partial charge in [0.05, 0.1) is 17.9 Å². The van der Waals surface area contributed by atoms with Crippen molar-refractivity contribution >= 4 is 23.5 Å². The van der Waals surface area contributed by atoms with Crippen LogP contribution in [0.3, 0.4) is 0 Å². The SMILES string of the molecule is CC(C)=CCN(C(=O)c1ccc(C2CCCCC2)cc1)c1ccc(N2CCC(N(C)C(=O)O)C2)nc1. The summed E-state index contributed by atoms with van der Waals surface area (Å²) in [7, 11) is 1.61. The highest BCUT2D eigenvalue weighted by Gasteiger charge is 2.29. The summed E-state index contributed by atoms with van der Waals surface area (Å²) in [6, 6.07) is 12.0. The third-order valence-corrected chi connectivity index (χ3v) is 7.54. The van der Waals surface area contributed by atoms with Crippen LogP contribution in [-0.2, 0) is 0 Å². The van der Waals surface area contributed by atoms with E-state index < -0.39 is 6.09 Å². The highest BCUT2D eigenvalue weighted by Crippen LogP contribution is 2.33. The van der Waals surface area contributed by atoms with Gasteiger partial charge in [-0.15, -0.1) is 0 Å². The normalized spacial score (nSPS) is 18.1. The molecule has 1 aromatic heterocycles. The molecule has 2 heterocycles. The number of hydrogen-bond acceptors (Lipinski definition) is 4. The first-order valence-electron chi connectivity index (χ1n) is 13.1. The molecule has 7 nitrogen and oxygen atoms in total. The van der Waals surface area contributed by atoms with E-state index in [4.69, 9.17) is 0 Å². The van der Waals surface area contributed by atoms with Crippen molar-refractivity contribution in [2.24, 2.45) is 0 Å². The fraction of sp³-hybridized carbons (Fsp3) is 0.483. The van der Waals surface area contributed by atoms with Gasteiger partial charge in [-0.1, -0.05) is 43.0 Å². The summed E-state index contributed by atoms with van der Waals surface area (Å²) in [5, 5.41) is 9.26. The monoisotopic (exact) mass is 490 g/mol. The molecule has 2 fully saturated rings. The first-order valence-corrected chi connectivity index (χ1v) is 13.1. The molecule has 0 radical (unpaired) electrons. The van der Waals surface area contributed by atoms with E-state index in [9.17, 15) is 14.7 Å². The van der Waals surface area contributed by atoms with Gasteiger partial charge in [-0.25, -0.2) is 9.78 Å². The smallest absolute Gasteiger partial charge is 0.407 e. The van der Waals surface area contributed by atoms with Crippen molar-refractivity contribution in [1.82, 2.24) is 9.88 Å². The molecule has 1 unspecified atom stereocenters. The van der Waals surface area contributed by atoms with Crippen molar-refractivity contribution in [2.45, 2.75) is 64.3 Å². The van der Waals surface area contributed by atoms with Gasteiger partial charge in [0.1, 0.15) is 5.82 Å². The van der Waals surface area contributed by atoms with E-state index in [1.54, 1.807) is 18.1 Å². The van der Waals surface area contributed by atoms with Gasteiger partial charge in [-0.2, -0.15) is 0 Å². The Labute approximate surface area is 214 Å². The zero-order valence-corrected chi connectivity index (χ0v) is 21.7. The minimum absolute atomic E-state index is 0.0402. The lowest BCUT2D eigenvalue weighted by Crippen LogP contribution is -2.38. The van der Waals surface area contributed by atoms with Crippen molar-refractivity contribution in [3.8, 4) is 0 Å². The molecule has 2 aromatic rings. The highest BCUT2D eigenvalue weighted by atomic mass is 16.4. The van der Waals surface area contributed by atoms with Crippen LogP contribution in [0.4, 0.5) is 16.3 Å². The van der Waals surface area contributed by atoms with Gasteiger partial charge in [-0.3, -0.25) is 4.79 Å². The Hall–Kier alpha value is -3.35. The van der Waals surface area contributed by atoms with E-state index in [1.807, 2.05) is 38.1 Å². The average molecular weight is 491 g/mol. The maximum Gasteiger partial charge on any atom is 0.407 e. The molecule has 4 rings (SSSR count). The second-order valence-corrected chi connectivity index (χ2v) is 10.3. The molecule has 1 saturated heterocycles. The fourth-order valence-corrected chi connectivity index (χ4v) is 5.22. The molecule has 1 N–H and O–H groups in total. The molecular formula is C29H38N4O3. The predicted octanol–water partition coefficient (Wildman–Crippen LogP) is 5.93. The molecule has 2 aliphatic rings. The molecule has 0 bridgehead atoms. The number of carbonyl (C=O) groups excluding carboxylic acids is 1. The van der Waals surface area contributed by atoms with Gasteiger partial charge in [0, 0.05) is 32.2 Å². The van der Waals surface area contributed by atoms with Crippen LogP contribution in [-0.4, -0.2) is 59.7 Å². The number of allylic oxidation sites excluding steroid dienone is 1. The van der Waals surface area contributed by atoms with Crippen LogP contribution in [0.2, 0.25) is 0 Å². The molecular weight excluding hydrogens is 452 g/mol. The lowest BCUT2D eigenvalue weighted by Gasteiger charge is -2.25. The summed E-state index contributed by atoms with van der Waals surface area (Å²) in [5.74, 6) is 1.37. The van der Waals surface area contributed by atoms with Gasteiger partial charge < -0.3 is 19.8 Å². The van der Waals surface area contributed by atoms with Crippen molar-refractivity contribution in [1.29, 1.82) is 0 Å². The quantitative estimate of drug-likeness (QED) is 0.487. The van der Waals surface area contributed by atoms with Gasteiger partial charge in [0.25, 0.3) is 5.91 Å². The molecule has 192 valence electrons. The predicted molar refractivity (Wildman–Crippen MR) is 144 cm³/mol. The number of carboxylic acid groups (broad SMARTS) is 1. The zero-order valence-electron chi connectivity index (χ0n) is 21.7. The van der Waals surface area contributed by atoms with Crippen molar-refractivity contribution < 1.29 is 14.7 Å². The van der Waals surface area contributed by atoms with E-state index in [1.165, 1.54) is 42.6 Å². The molecule has 0 spiro atoms. The van der Waals surface area contributed by atoms with Crippen LogP contribution in [0.15, 0.2) is 54.2 Å². The number of likely N-dealkylation sites (N-methyl/N-ethyl adjacent to an activating group) is 1. The van der Waals surface area contributed by atoms with Crippen LogP contribution in [0.25, 0.3) is 0 Å².